The Morgan fingerprint density at radius 2 is 2.10 bits per heavy atom. The highest BCUT2D eigenvalue weighted by Gasteiger charge is 2.26. The van der Waals surface area contributed by atoms with Crippen LogP contribution >= 0.6 is 0 Å². The number of aromatic nitrogens is 2. The number of benzene rings is 1. The number of rotatable bonds is 6. The van der Waals surface area contributed by atoms with E-state index in [4.69, 9.17) is 15.9 Å². The van der Waals surface area contributed by atoms with Gasteiger partial charge in [-0.05, 0) is 50.5 Å². The van der Waals surface area contributed by atoms with E-state index >= 15 is 0 Å². The summed E-state index contributed by atoms with van der Waals surface area (Å²) in [7, 11) is 0. The molecule has 1 saturated carbocycles. The van der Waals surface area contributed by atoms with Crippen LogP contribution in [0.2, 0.25) is 0 Å². The molecule has 0 spiro atoms. The molecular formula is C20H22N6O3. The lowest BCUT2D eigenvalue weighted by Crippen LogP contribution is -2.14. The number of carboxylic acid groups (broad SMARTS) is 1. The number of nitrogens with two attached hydrogens (primary N) is 2. The first kappa shape index (κ1) is 18.7. The first-order valence-corrected chi connectivity index (χ1v) is 9.33. The van der Waals surface area contributed by atoms with Gasteiger partial charge in [-0.1, -0.05) is 6.07 Å². The van der Waals surface area contributed by atoms with E-state index in [1.165, 1.54) is 0 Å². The molecule has 0 amide bonds. The number of furan rings is 1. The number of aliphatic imine (C=N–C) groups is 1. The fourth-order valence-corrected chi connectivity index (χ4v) is 3.16. The van der Waals surface area contributed by atoms with Crippen LogP contribution in [0.25, 0.3) is 11.1 Å². The van der Waals surface area contributed by atoms with Gasteiger partial charge in [0.15, 0.2) is 0 Å². The summed E-state index contributed by atoms with van der Waals surface area (Å²) in [5.41, 5.74) is 13.5. The molecule has 2 heterocycles. The molecule has 1 aliphatic rings. The predicted octanol–water partition coefficient (Wildman–Crippen LogP) is 3.38. The Bertz CT molecular complexity index is 1130. The van der Waals surface area contributed by atoms with Crippen molar-refractivity contribution in [2.75, 3.05) is 11.1 Å². The number of nitrogens with zero attached hydrogens (tertiary/aromatic N) is 3. The molecule has 2 aromatic heterocycles. The number of hydrogen-bond donors (Lipinski definition) is 4. The summed E-state index contributed by atoms with van der Waals surface area (Å²) in [4.78, 5) is 24.3. The molecule has 0 radical (unpaired) electrons. The van der Waals surface area contributed by atoms with Crippen LogP contribution in [0.1, 0.15) is 47.5 Å². The van der Waals surface area contributed by atoms with E-state index in [1.54, 1.807) is 18.2 Å². The van der Waals surface area contributed by atoms with Crippen molar-refractivity contribution in [3.63, 3.8) is 0 Å². The van der Waals surface area contributed by atoms with Gasteiger partial charge in [0.25, 0.3) is 0 Å². The average Bonchev–Trinajstić information content (AvgIpc) is 3.43. The number of amidine groups is 1. The van der Waals surface area contributed by atoms with Crippen molar-refractivity contribution in [3.8, 4) is 0 Å². The summed E-state index contributed by atoms with van der Waals surface area (Å²) in [6.45, 7) is 3.76. The first-order chi connectivity index (χ1) is 13.8. The van der Waals surface area contributed by atoms with Crippen LogP contribution < -0.4 is 16.8 Å². The second kappa shape index (κ2) is 7.08. The lowest BCUT2D eigenvalue weighted by molar-refractivity contribution is 0.0698. The SMILES string of the molecule is Cc1cc2c(N[C@@H](C)c3ccc(C(=O)O)c(N=C(N)C4CC4)c3)nc(N)nc2o1. The van der Waals surface area contributed by atoms with Crippen molar-refractivity contribution in [1.82, 2.24) is 9.97 Å². The highest BCUT2D eigenvalue weighted by Crippen LogP contribution is 2.33. The lowest BCUT2D eigenvalue weighted by Gasteiger charge is -2.17. The molecule has 1 atom stereocenters. The average molecular weight is 394 g/mol. The van der Waals surface area contributed by atoms with Gasteiger partial charge in [0, 0.05) is 5.92 Å². The van der Waals surface area contributed by atoms with Gasteiger partial charge in [0.1, 0.15) is 17.4 Å². The molecule has 3 aromatic rings. The molecule has 1 aliphatic carbocycles. The monoisotopic (exact) mass is 394 g/mol. The Hall–Kier alpha value is -3.62. The Morgan fingerprint density at radius 1 is 1.34 bits per heavy atom. The van der Waals surface area contributed by atoms with Crippen molar-refractivity contribution in [3.05, 3.63) is 41.2 Å². The molecule has 6 N–H and O–H groups in total. The largest absolute Gasteiger partial charge is 0.478 e. The number of hydrogen-bond acceptors (Lipinski definition) is 7. The summed E-state index contributed by atoms with van der Waals surface area (Å²) < 4.78 is 5.54. The third kappa shape index (κ3) is 3.84. The lowest BCUT2D eigenvalue weighted by atomic mass is 10.0. The van der Waals surface area contributed by atoms with E-state index in [-0.39, 0.29) is 23.5 Å². The normalized spacial score (nSPS) is 15.4. The number of nitrogens with one attached hydrogen (secondary N) is 1. The maximum absolute atomic E-state index is 11.6. The van der Waals surface area contributed by atoms with Crippen molar-refractivity contribution in [2.24, 2.45) is 16.6 Å². The molecule has 1 aromatic carbocycles. The third-order valence-corrected chi connectivity index (χ3v) is 4.88. The highest BCUT2D eigenvalue weighted by atomic mass is 16.4. The summed E-state index contributed by atoms with van der Waals surface area (Å²) in [5.74, 6) is 1.03. The summed E-state index contributed by atoms with van der Waals surface area (Å²) in [5, 5.41) is 13.5. The van der Waals surface area contributed by atoms with Crippen molar-refractivity contribution in [2.45, 2.75) is 32.7 Å². The smallest absolute Gasteiger partial charge is 0.337 e. The zero-order valence-electron chi connectivity index (χ0n) is 16.1. The summed E-state index contributed by atoms with van der Waals surface area (Å²) >= 11 is 0. The van der Waals surface area contributed by atoms with E-state index in [2.05, 4.69) is 20.3 Å². The molecular weight excluding hydrogens is 372 g/mol. The predicted molar refractivity (Wildman–Crippen MR) is 110 cm³/mol. The minimum atomic E-state index is -1.04. The number of anilines is 2. The molecule has 0 bridgehead atoms. The molecule has 0 saturated heterocycles. The van der Waals surface area contributed by atoms with Crippen molar-refractivity contribution in [1.29, 1.82) is 0 Å². The van der Waals surface area contributed by atoms with Gasteiger partial charge >= 0.3 is 5.97 Å². The van der Waals surface area contributed by atoms with Crippen LogP contribution in [0.3, 0.4) is 0 Å². The Kier molecular flexibility index (Phi) is 4.57. The van der Waals surface area contributed by atoms with Crippen molar-refractivity contribution < 1.29 is 14.3 Å². The quantitative estimate of drug-likeness (QED) is 0.366. The number of nitrogen functional groups attached to an aromatic ring is 1. The van der Waals surface area contributed by atoms with E-state index in [1.807, 2.05) is 19.9 Å². The molecule has 4 rings (SSSR count). The standard InChI is InChI=1S/C20H22N6O3/c1-9-7-14-17(25-20(22)26-18(14)29-9)23-10(2)12-5-6-13(19(27)28)15(8-12)24-16(21)11-3-4-11/h5-8,10-11H,3-4H2,1-2H3,(H2,21,24)(H,27,28)(H3,22,23,25,26)/t10-/m0/s1. The minimum Gasteiger partial charge on any atom is -0.478 e. The fraction of sp³-hybridized carbons (Fsp3) is 0.300. The third-order valence-electron chi connectivity index (χ3n) is 4.88. The van der Waals surface area contributed by atoms with Crippen molar-refractivity contribution >= 4 is 40.4 Å². The van der Waals surface area contributed by atoms with Gasteiger partial charge in [-0.3, -0.25) is 0 Å². The number of carbonyl (C=O) groups is 1. The van der Waals surface area contributed by atoms with Crippen LogP contribution in [-0.2, 0) is 0 Å². The van der Waals surface area contributed by atoms with Crippen LogP contribution in [0.4, 0.5) is 17.5 Å². The van der Waals surface area contributed by atoms with Gasteiger partial charge in [-0.15, -0.1) is 0 Å². The first-order valence-electron chi connectivity index (χ1n) is 9.33. The molecule has 9 nitrogen and oxygen atoms in total. The zero-order valence-corrected chi connectivity index (χ0v) is 16.1. The second-order valence-corrected chi connectivity index (χ2v) is 7.26. The Balaban J connectivity index is 1.68. The van der Waals surface area contributed by atoms with Gasteiger partial charge in [0.05, 0.1) is 22.7 Å². The highest BCUT2D eigenvalue weighted by molar-refractivity contribution is 5.96. The Morgan fingerprint density at radius 3 is 2.79 bits per heavy atom. The number of aromatic carboxylic acids is 1. The van der Waals surface area contributed by atoms with Gasteiger partial charge in [-0.25, -0.2) is 9.79 Å². The van der Waals surface area contributed by atoms with Crippen LogP contribution in [0.15, 0.2) is 33.7 Å². The summed E-state index contributed by atoms with van der Waals surface area (Å²) in [6.07, 6.45) is 1.98. The molecule has 0 unspecified atom stereocenters. The minimum absolute atomic E-state index is 0.102. The van der Waals surface area contributed by atoms with Crippen LogP contribution in [-0.4, -0.2) is 26.9 Å². The molecule has 9 heteroatoms. The molecule has 29 heavy (non-hydrogen) atoms. The zero-order chi connectivity index (χ0) is 20.7. The topological polar surface area (TPSA) is 153 Å². The van der Waals surface area contributed by atoms with E-state index in [0.29, 0.717) is 28.8 Å². The van der Waals surface area contributed by atoms with Crippen LogP contribution in [0.5, 0.6) is 0 Å². The maximum atomic E-state index is 11.6. The van der Waals surface area contributed by atoms with Gasteiger partial charge < -0.3 is 26.3 Å². The number of fused-ring (bicyclic) bond motifs is 1. The number of aryl methyl sites for hydroxylation is 1. The Labute approximate surface area is 166 Å². The van der Waals surface area contributed by atoms with Gasteiger partial charge in [-0.2, -0.15) is 9.97 Å². The maximum Gasteiger partial charge on any atom is 0.337 e. The number of carboxylic acids is 1. The second-order valence-electron chi connectivity index (χ2n) is 7.26. The molecule has 1 fully saturated rings. The van der Waals surface area contributed by atoms with E-state index in [9.17, 15) is 9.90 Å². The van der Waals surface area contributed by atoms with E-state index in [0.717, 1.165) is 23.8 Å². The van der Waals surface area contributed by atoms with Gasteiger partial charge in [0.2, 0.25) is 11.7 Å². The van der Waals surface area contributed by atoms with E-state index < -0.39 is 5.97 Å². The van der Waals surface area contributed by atoms with Crippen LogP contribution in [0, 0.1) is 12.8 Å². The molecule has 0 aliphatic heterocycles. The summed E-state index contributed by atoms with van der Waals surface area (Å²) in [6, 6.07) is 6.65. The fourth-order valence-electron chi connectivity index (χ4n) is 3.16. The molecule has 150 valence electrons.